The highest BCUT2D eigenvalue weighted by atomic mass is 79.9. The first-order valence-corrected chi connectivity index (χ1v) is 11.6. The van der Waals surface area contributed by atoms with Crippen molar-refractivity contribution in [2.75, 3.05) is 11.1 Å². The van der Waals surface area contributed by atoms with Gasteiger partial charge in [0.05, 0.1) is 5.75 Å². The van der Waals surface area contributed by atoms with Crippen molar-refractivity contribution < 1.29 is 9.53 Å². The van der Waals surface area contributed by atoms with Crippen molar-refractivity contribution in [3.05, 3.63) is 63.9 Å². The van der Waals surface area contributed by atoms with Crippen molar-refractivity contribution in [2.24, 2.45) is 0 Å². The van der Waals surface area contributed by atoms with Gasteiger partial charge in [0.1, 0.15) is 12.4 Å². The van der Waals surface area contributed by atoms with Crippen molar-refractivity contribution >= 4 is 39.3 Å². The Bertz CT molecular complexity index is 989. The molecular formula is C22H25BrN4O2S. The van der Waals surface area contributed by atoms with Gasteiger partial charge in [-0.05, 0) is 53.8 Å². The maximum atomic E-state index is 12.4. The van der Waals surface area contributed by atoms with E-state index in [-0.39, 0.29) is 11.7 Å². The number of rotatable bonds is 9. The van der Waals surface area contributed by atoms with E-state index in [9.17, 15) is 4.79 Å². The van der Waals surface area contributed by atoms with Gasteiger partial charge in [0.15, 0.2) is 5.82 Å². The second kappa shape index (κ2) is 10.6. The number of nitrogens with zero attached hydrogens (tertiary/aromatic N) is 2. The molecule has 30 heavy (non-hydrogen) atoms. The number of carbonyl (C=O) groups excluding carboxylic acids is 1. The van der Waals surface area contributed by atoms with Crippen molar-refractivity contribution in [3.8, 4) is 5.75 Å². The number of ether oxygens (including phenoxy) is 1. The highest BCUT2D eigenvalue weighted by Crippen LogP contribution is 2.28. The molecule has 8 heteroatoms. The third kappa shape index (κ3) is 6.34. The molecule has 0 saturated heterocycles. The molecule has 0 saturated carbocycles. The molecule has 0 atom stereocenters. The predicted molar refractivity (Wildman–Crippen MR) is 124 cm³/mol. The standard InChI is InChI=1S/C22H25BrN4O2S/c1-4-15-5-8-17(9-6-15)29-12-20-25-22(27-26-20)30-13-21(28)24-19-10-7-16(23)11-18(19)14(2)3/h5-11,14H,4,12-13H2,1-3H3,(H,24,28)(H,25,26,27). The van der Waals surface area contributed by atoms with E-state index >= 15 is 0 Å². The van der Waals surface area contributed by atoms with E-state index in [1.165, 1.54) is 17.3 Å². The van der Waals surface area contributed by atoms with Crippen LogP contribution in [-0.2, 0) is 17.8 Å². The van der Waals surface area contributed by atoms with Crippen LogP contribution in [0.2, 0.25) is 0 Å². The number of H-pyrrole nitrogens is 1. The van der Waals surface area contributed by atoms with Gasteiger partial charge >= 0.3 is 0 Å². The molecule has 1 heterocycles. The van der Waals surface area contributed by atoms with Crippen molar-refractivity contribution in [1.82, 2.24) is 15.2 Å². The molecule has 2 N–H and O–H groups in total. The molecule has 6 nitrogen and oxygen atoms in total. The van der Waals surface area contributed by atoms with Crippen LogP contribution in [0.1, 0.15) is 43.6 Å². The van der Waals surface area contributed by atoms with Crippen molar-refractivity contribution in [1.29, 1.82) is 0 Å². The second-order valence-corrected chi connectivity index (χ2v) is 8.93. The highest BCUT2D eigenvalue weighted by Gasteiger charge is 2.12. The number of hydrogen-bond acceptors (Lipinski definition) is 5. The Labute approximate surface area is 189 Å². The summed E-state index contributed by atoms with van der Waals surface area (Å²) < 4.78 is 6.72. The fraction of sp³-hybridized carbons (Fsp3) is 0.318. The summed E-state index contributed by atoms with van der Waals surface area (Å²) in [5, 5.41) is 10.5. The average Bonchev–Trinajstić information content (AvgIpc) is 3.20. The summed E-state index contributed by atoms with van der Waals surface area (Å²) in [6.45, 7) is 6.61. The number of thioether (sulfide) groups is 1. The van der Waals surface area contributed by atoms with Gasteiger partial charge in [-0.1, -0.05) is 60.6 Å². The molecule has 2 aromatic carbocycles. The van der Waals surface area contributed by atoms with E-state index in [1.54, 1.807) is 0 Å². The van der Waals surface area contributed by atoms with Crippen molar-refractivity contribution in [3.63, 3.8) is 0 Å². The minimum Gasteiger partial charge on any atom is -0.486 e. The molecule has 3 aromatic rings. The Morgan fingerprint density at radius 1 is 1.23 bits per heavy atom. The topological polar surface area (TPSA) is 79.9 Å². The minimum absolute atomic E-state index is 0.0946. The number of benzene rings is 2. The first-order chi connectivity index (χ1) is 14.4. The van der Waals surface area contributed by atoms with Crippen LogP contribution >= 0.6 is 27.7 Å². The van der Waals surface area contributed by atoms with Gasteiger partial charge in [0, 0.05) is 10.2 Å². The van der Waals surface area contributed by atoms with E-state index in [0.717, 1.165) is 27.9 Å². The molecule has 158 valence electrons. The van der Waals surface area contributed by atoms with E-state index < -0.39 is 0 Å². The lowest BCUT2D eigenvalue weighted by atomic mass is 10.0. The number of aromatic amines is 1. The molecule has 1 amide bonds. The van der Waals surface area contributed by atoms with E-state index in [0.29, 0.717) is 23.5 Å². The van der Waals surface area contributed by atoms with Crippen LogP contribution in [0.15, 0.2) is 52.1 Å². The quantitative estimate of drug-likeness (QED) is 0.385. The number of halogens is 1. The monoisotopic (exact) mass is 488 g/mol. The molecule has 0 spiro atoms. The van der Waals surface area contributed by atoms with Gasteiger partial charge in [-0.2, -0.15) is 0 Å². The molecule has 0 unspecified atom stereocenters. The van der Waals surface area contributed by atoms with Crippen LogP contribution < -0.4 is 10.1 Å². The second-order valence-electron chi connectivity index (χ2n) is 7.07. The molecule has 0 aliphatic carbocycles. The summed E-state index contributed by atoms with van der Waals surface area (Å²) in [6.07, 6.45) is 0.997. The summed E-state index contributed by atoms with van der Waals surface area (Å²) in [7, 11) is 0. The molecule has 1 aromatic heterocycles. The summed E-state index contributed by atoms with van der Waals surface area (Å²) in [4.78, 5) is 16.8. The third-order valence-corrected chi connectivity index (χ3v) is 5.80. The Hall–Kier alpha value is -2.32. The third-order valence-electron chi connectivity index (χ3n) is 4.46. The predicted octanol–water partition coefficient (Wildman–Crippen LogP) is 5.56. The number of aromatic nitrogens is 3. The zero-order chi connectivity index (χ0) is 21.5. The fourth-order valence-electron chi connectivity index (χ4n) is 2.82. The number of anilines is 1. The molecule has 3 rings (SSSR count). The fourth-order valence-corrected chi connectivity index (χ4v) is 3.82. The van der Waals surface area contributed by atoms with Crippen LogP contribution in [0.5, 0.6) is 5.75 Å². The zero-order valence-electron chi connectivity index (χ0n) is 17.2. The van der Waals surface area contributed by atoms with Gasteiger partial charge in [-0.15, -0.1) is 5.10 Å². The zero-order valence-corrected chi connectivity index (χ0v) is 19.6. The summed E-state index contributed by atoms with van der Waals surface area (Å²) >= 11 is 4.76. The van der Waals surface area contributed by atoms with E-state index in [4.69, 9.17) is 4.74 Å². The van der Waals surface area contributed by atoms with Gasteiger partial charge < -0.3 is 10.1 Å². The molecule has 0 aliphatic rings. The van der Waals surface area contributed by atoms with Gasteiger partial charge in [-0.25, -0.2) is 4.98 Å². The van der Waals surface area contributed by atoms with E-state index in [1.807, 2.05) is 42.5 Å². The number of hydrogen-bond donors (Lipinski definition) is 2. The first kappa shape index (κ1) is 22.4. The molecule has 0 bridgehead atoms. The number of nitrogens with one attached hydrogen (secondary N) is 2. The van der Waals surface area contributed by atoms with Crippen LogP contribution in [0.3, 0.4) is 0 Å². The highest BCUT2D eigenvalue weighted by molar-refractivity contribution is 9.10. The first-order valence-electron chi connectivity index (χ1n) is 9.79. The lowest BCUT2D eigenvalue weighted by molar-refractivity contribution is -0.113. The van der Waals surface area contributed by atoms with Crippen LogP contribution in [-0.4, -0.2) is 26.8 Å². The van der Waals surface area contributed by atoms with Crippen LogP contribution in [0.4, 0.5) is 5.69 Å². The van der Waals surface area contributed by atoms with Crippen molar-refractivity contribution in [2.45, 2.75) is 44.9 Å². The average molecular weight is 489 g/mol. The lowest BCUT2D eigenvalue weighted by Gasteiger charge is -2.14. The summed E-state index contributed by atoms with van der Waals surface area (Å²) in [5.41, 5.74) is 3.19. The Morgan fingerprint density at radius 2 is 2.00 bits per heavy atom. The number of carbonyl (C=O) groups is 1. The minimum atomic E-state index is -0.0946. The van der Waals surface area contributed by atoms with Gasteiger partial charge in [-0.3, -0.25) is 9.89 Å². The SMILES string of the molecule is CCc1ccc(OCc2nc(SCC(=O)Nc3ccc(Br)cc3C(C)C)n[nH]2)cc1. The van der Waals surface area contributed by atoms with E-state index in [2.05, 4.69) is 57.2 Å². The van der Waals surface area contributed by atoms with Crippen LogP contribution in [0.25, 0.3) is 0 Å². The molecular weight excluding hydrogens is 464 g/mol. The molecule has 0 fully saturated rings. The Kier molecular flexibility index (Phi) is 7.93. The number of aryl methyl sites for hydroxylation is 1. The van der Waals surface area contributed by atoms with Gasteiger partial charge in [0.2, 0.25) is 11.1 Å². The maximum absolute atomic E-state index is 12.4. The smallest absolute Gasteiger partial charge is 0.234 e. The number of amides is 1. The molecule has 0 radical (unpaired) electrons. The lowest BCUT2D eigenvalue weighted by Crippen LogP contribution is -2.15. The molecule has 0 aliphatic heterocycles. The Balaban J connectivity index is 1.49. The van der Waals surface area contributed by atoms with Crippen LogP contribution in [0, 0.1) is 0 Å². The van der Waals surface area contributed by atoms with Gasteiger partial charge in [0.25, 0.3) is 0 Å². The maximum Gasteiger partial charge on any atom is 0.234 e. The Morgan fingerprint density at radius 3 is 2.70 bits per heavy atom. The largest absolute Gasteiger partial charge is 0.486 e. The summed E-state index contributed by atoms with van der Waals surface area (Å²) in [5.74, 6) is 1.84. The summed E-state index contributed by atoms with van der Waals surface area (Å²) in [6, 6.07) is 13.9. The normalized spacial score (nSPS) is 11.0.